The summed E-state index contributed by atoms with van der Waals surface area (Å²) in [6.45, 7) is 1.51. The van der Waals surface area contributed by atoms with Gasteiger partial charge in [-0.3, -0.25) is 0 Å². The van der Waals surface area contributed by atoms with Crippen molar-refractivity contribution in [3.63, 3.8) is 0 Å². The fraction of sp³-hybridized carbons (Fsp3) is 0.600. The minimum atomic E-state index is -3.67. The third kappa shape index (κ3) is 4.13. The molecular formula is C15H20ClNO4S. The fourth-order valence-electron chi connectivity index (χ4n) is 2.46. The van der Waals surface area contributed by atoms with E-state index in [9.17, 15) is 8.42 Å². The Morgan fingerprint density at radius 1 is 1.32 bits per heavy atom. The van der Waals surface area contributed by atoms with E-state index in [1.165, 1.54) is 18.9 Å². The first-order valence-electron chi connectivity index (χ1n) is 7.57. The van der Waals surface area contributed by atoms with Gasteiger partial charge >= 0.3 is 0 Å². The Morgan fingerprint density at radius 3 is 2.82 bits per heavy atom. The van der Waals surface area contributed by atoms with E-state index >= 15 is 0 Å². The molecule has 1 heterocycles. The van der Waals surface area contributed by atoms with Gasteiger partial charge < -0.3 is 9.47 Å². The summed E-state index contributed by atoms with van der Waals surface area (Å²) in [4.78, 5) is 0.0997. The monoisotopic (exact) mass is 345 g/mol. The van der Waals surface area contributed by atoms with Crippen molar-refractivity contribution in [2.75, 3.05) is 19.8 Å². The standard InChI is InChI=1S/C15H20ClNO4S/c16-12-3-4-14(21-8-5-11-1-2-11)15(9-12)22(18,19)17-13-6-7-20-10-13/h3-4,9,11,13,17H,1-2,5-8,10H2. The maximum atomic E-state index is 12.6. The lowest BCUT2D eigenvalue weighted by Gasteiger charge is -2.15. The van der Waals surface area contributed by atoms with Gasteiger partial charge in [-0.1, -0.05) is 24.4 Å². The fourth-order valence-corrected chi connectivity index (χ4v) is 4.13. The molecule has 0 aromatic heterocycles. The van der Waals surface area contributed by atoms with E-state index in [1.54, 1.807) is 12.1 Å². The second-order valence-corrected chi connectivity index (χ2v) is 7.97. The van der Waals surface area contributed by atoms with Crippen LogP contribution in [0.25, 0.3) is 0 Å². The highest BCUT2D eigenvalue weighted by Crippen LogP contribution is 2.33. The van der Waals surface area contributed by atoms with E-state index in [-0.39, 0.29) is 10.9 Å². The van der Waals surface area contributed by atoms with Gasteiger partial charge in [0.15, 0.2) is 0 Å². The third-order valence-electron chi connectivity index (χ3n) is 3.93. The van der Waals surface area contributed by atoms with Crippen LogP contribution in [-0.2, 0) is 14.8 Å². The van der Waals surface area contributed by atoms with Crippen LogP contribution >= 0.6 is 11.6 Å². The molecule has 1 saturated carbocycles. The van der Waals surface area contributed by atoms with Crippen molar-refractivity contribution in [2.45, 2.75) is 36.6 Å². The van der Waals surface area contributed by atoms with Crippen molar-refractivity contribution in [1.29, 1.82) is 0 Å². The molecular weight excluding hydrogens is 326 g/mol. The molecule has 22 heavy (non-hydrogen) atoms. The molecule has 0 radical (unpaired) electrons. The number of rotatable bonds is 7. The molecule has 1 aliphatic carbocycles. The maximum Gasteiger partial charge on any atom is 0.244 e. The number of ether oxygens (including phenoxy) is 2. The molecule has 3 rings (SSSR count). The zero-order chi connectivity index (χ0) is 15.6. The first-order valence-corrected chi connectivity index (χ1v) is 9.43. The molecule has 0 bridgehead atoms. The topological polar surface area (TPSA) is 64.6 Å². The van der Waals surface area contributed by atoms with Crippen LogP contribution in [0.4, 0.5) is 0 Å². The van der Waals surface area contributed by atoms with E-state index < -0.39 is 10.0 Å². The van der Waals surface area contributed by atoms with Crippen molar-refractivity contribution < 1.29 is 17.9 Å². The van der Waals surface area contributed by atoms with Gasteiger partial charge in [-0.05, 0) is 37.0 Å². The predicted octanol–water partition coefficient (Wildman–Crippen LogP) is 2.59. The van der Waals surface area contributed by atoms with Crippen LogP contribution in [0.3, 0.4) is 0 Å². The Balaban J connectivity index is 1.75. The van der Waals surface area contributed by atoms with Gasteiger partial charge in [-0.15, -0.1) is 0 Å². The van der Waals surface area contributed by atoms with Gasteiger partial charge in [0.1, 0.15) is 10.6 Å². The summed E-state index contributed by atoms with van der Waals surface area (Å²) in [6.07, 6.45) is 4.14. The average Bonchev–Trinajstić information content (AvgIpc) is 3.16. The summed E-state index contributed by atoms with van der Waals surface area (Å²) in [5, 5.41) is 0.373. The number of nitrogens with one attached hydrogen (secondary N) is 1. The smallest absolute Gasteiger partial charge is 0.244 e. The van der Waals surface area contributed by atoms with Gasteiger partial charge in [-0.2, -0.15) is 0 Å². The normalized spacial score (nSPS) is 22.0. The van der Waals surface area contributed by atoms with Crippen LogP contribution in [-0.4, -0.2) is 34.3 Å². The number of halogens is 1. The maximum absolute atomic E-state index is 12.6. The molecule has 1 unspecified atom stereocenters. The van der Waals surface area contributed by atoms with Gasteiger partial charge in [0.25, 0.3) is 0 Å². The van der Waals surface area contributed by atoms with Crippen LogP contribution in [0.2, 0.25) is 5.02 Å². The molecule has 0 amide bonds. The van der Waals surface area contributed by atoms with E-state index in [0.717, 1.165) is 12.3 Å². The SMILES string of the molecule is O=S(=O)(NC1CCOC1)c1cc(Cl)ccc1OCCC1CC1. The second-order valence-electron chi connectivity index (χ2n) is 5.85. The van der Waals surface area contributed by atoms with Gasteiger partial charge in [0.2, 0.25) is 10.0 Å². The lowest BCUT2D eigenvalue weighted by atomic mass is 10.3. The lowest BCUT2D eigenvalue weighted by Crippen LogP contribution is -2.35. The Kier molecular flexibility index (Phi) is 4.92. The number of sulfonamides is 1. The van der Waals surface area contributed by atoms with Crippen molar-refractivity contribution in [3.05, 3.63) is 23.2 Å². The van der Waals surface area contributed by atoms with E-state index in [0.29, 0.717) is 37.0 Å². The van der Waals surface area contributed by atoms with Gasteiger partial charge in [0, 0.05) is 17.7 Å². The summed E-state index contributed by atoms with van der Waals surface area (Å²) < 4.78 is 38.7. The van der Waals surface area contributed by atoms with Gasteiger partial charge in [0.05, 0.1) is 13.2 Å². The summed E-state index contributed by atoms with van der Waals surface area (Å²) in [5.74, 6) is 1.09. The van der Waals surface area contributed by atoms with Crippen LogP contribution < -0.4 is 9.46 Å². The predicted molar refractivity (Wildman–Crippen MR) is 83.8 cm³/mol. The van der Waals surface area contributed by atoms with Crippen molar-refractivity contribution in [1.82, 2.24) is 4.72 Å². The first-order chi connectivity index (χ1) is 10.5. The molecule has 0 spiro atoms. The summed E-state index contributed by atoms with van der Waals surface area (Å²) in [5.41, 5.74) is 0. The largest absolute Gasteiger partial charge is 0.492 e. The second kappa shape index (κ2) is 6.74. The molecule has 1 saturated heterocycles. The summed E-state index contributed by atoms with van der Waals surface area (Å²) in [7, 11) is -3.67. The highest BCUT2D eigenvalue weighted by molar-refractivity contribution is 7.89. The molecule has 122 valence electrons. The summed E-state index contributed by atoms with van der Waals surface area (Å²) >= 11 is 5.96. The van der Waals surface area contributed by atoms with E-state index in [2.05, 4.69) is 4.72 Å². The zero-order valence-electron chi connectivity index (χ0n) is 12.3. The van der Waals surface area contributed by atoms with Crippen LogP contribution in [0.1, 0.15) is 25.7 Å². The highest BCUT2D eigenvalue weighted by atomic mass is 35.5. The van der Waals surface area contributed by atoms with Crippen molar-refractivity contribution in [3.8, 4) is 5.75 Å². The van der Waals surface area contributed by atoms with E-state index in [4.69, 9.17) is 21.1 Å². The number of benzene rings is 1. The van der Waals surface area contributed by atoms with Gasteiger partial charge in [-0.25, -0.2) is 13.1 Å². The molecule has 1 atom stereocenters. The van der Waals surface area contributed by atoms with Crippen LogP contribution in [0.15, 0.2) is 23.1 Å². The van der Waals surface area contributed by atoms with Crippen molar-refractivity contribution >= 4 is 21.6 Å². The summed E-state index contributed by atoms with van der Waals surface area (Å²) in [6, 6.07) is 4.51. The molecule has 2 fully saturated rings. The lowest BCUT2D eigenvalue weighted by molar-refractivity contribution is 0.192. The molecule has 7 heteroatoms. The average molecular weight is 346 g/mol. The number of hydrogen-bond donors (Lipinski definition) is 1. The zero-order valence-corrected chi connectivity index (χ0v) is 13.8. The van der Waals surface area contributed by atoms with Crippen LogP contribution in [0.5, 0.6) is 5.75 Å². The van der Waals surface area contributed by atoms with Crippen LogP contribution in [0, 0.1) is 5.92 Å². The minimum Gasteiger partial charge on any atom is -0.492 e. The molecule has 1 aromatic carbocycles. The van der Waals surface area contributed by atoms with E-state index in [1.807, 2.05) is 0 Å². The Labute approximate surface area is 136 Å². The Hall–Kier alpha value is -0.820. The Bertz CT molecular complexity index is 624. The first kappa shape index (κ1) is 16.1. The molecule has 1 aromatic rings. The van der Waals surface area contributed by atoms with Crippen molar-refractivity contribution in [2.24, 2.45) is 5.92 Å². The number of hydrogen-bond acceptors (Lipinski definition) is 4. The molecule has 2 aliphatic rings. The third-order valence-corrected chi connectivity index (χ3v) is 5.70. The quantitative estimate of drug-likeness (QED) is 0.825. The molecule has 5 nitrogen and oxygen atoms in total. The minimum absolute atomic E-state index is 0.0997. The molecule has 1 N–H and O–H groups in total. The highest BCUT2D eigenvalue weighted by Gasteiger charge is 2.27. The Morgan fingerprint density at radius 2 is 2.14 bits per heavy atom. The molecule has 1 aliphatic heterocycles.